The standard InChI is InChI=1S/C6H14B/c1-5-6(2,3)7-4/h5H2,1-4H3. The predicted octanol–water partition coefficient (Wildman–Crippen LogP) is 2.35. The second-order valence-electron chi connectivity index (χ2n) is 2.63. The van der Waals surface area contributed by atoms with E-state index in [9.17, 15) is 0 Å². The van der Waals surface area contributed by atoms with E-state index in [1.54, 1.807) is 0 Å². The molecule has 0 aliphatic carbocycles. The lowest BCUT2D eigenvalue weighted by molar-refractivity contribution is 0.645. The Balaban J connectivity index is 3.36. The Kier molecular flexibility index (Phi) is 2.41. The molecule has 0 saturated heterocycles. The largest absolute Gasteiger partial charge is 0.113 e. The summed E-state index contributed by atoms with van der Waals surface area (Å²) in [7, 11) is 2.24. The minimum absolute atomic E-state index is 0.458. The van der Waals surface area contributed by atoms with Gasteiger partial charge in [0.1, 0.15) is 7.28 Å². The highest BCUT2D eigenvalue weighted by atomic mass is 14.0. The summed E-state index contributed by atoms with van der Waals surface area (Å²) in [5.41, 5.74) is 0. The summed E-state index contributed by atoms with van der Waals surface area (Å²) in [6, 6.07) is 0. The molecule has 0 N–H and O–H groups in total. The number of hydrogen-bond donors (Lipinski definition) is 0. The molecule has 0 aromatic rings. The molecule has 0 fully saturated rings. The van der Waals surface area contributed by atoms with Gasteiger partial charge in [-0.1, -0.05) is 39.3 Å². The van der Waals surface area contributed by atoms with Gasteiger partial charge in [0.2, 0.25) is 0 Å². The summed E-state index contributed by atoms with van der Waals surface area (Å²) in [4.78, 5) is 0. The maximum Gasteiger partial charge on any atom is 0.113 e. The van der Waals surface area contributed by atoms with Crippen molar-refractivity contribution >= 4 is 7.28 Å². The molecule has 1 radical (unpaired) electrons. The van der Waals surface area contributed by atoms with Crippen molar-refractivity contribution in [3.8, 4) is 0 Å². The fraction of sp³-hybridized carbons (Fsp3) is 1.00. The van der Waals surface area contributed by atoms with Crippen molar-refractivity contribution in [1.29, 1.82) is 0 Å². The van der Waals surface area contributed by atoms with Crippen LogP contribution < -0.4 is 0 Å². The van der Waals surface area contributed by atoms with Crippen LogP contribution in [0.4, 0.5) is 0 Å². The monoisotopic (exact) mass is 97.1 g/mol. The first-order chi connectivity index (χ1) is 3.12. The first kappa shape index (κ1) is 7.06. The Morgan fingerprint density at radius 2 is 1.86 bits per heavy atom. The summed E-state index contributed by atoms with van der Waals surface area (Å²) < 4.78 is 0. The summed E-state index contributed by atoms with van der Waals surface area (Å²) >= 11 is 0. The molecule has 0 bridgehead atoms. The average molecular weight is 97.0 g/mol. The Hall–Kier alpha value is 0.0649. The quantitative estimate of drug-likeness (QED) is 0.464. The van der Waals surface area contributed by atoms with E-state index >= 15 is 0 Å². The van der Waals surface area contributed by atoms with Crippen molar-refractivity contribution in [3.05, 3.63) is 0 Å². The van der Waals surface area contributed by atoms with E-state index in [0.717, 1.165) is 0 Å². The number of rotatable bonds is 2. The molecule has 0 atom stereocenters. The topological polar surface area (TPSA) is 0 Å². The lowest BCUT2D eigenvalue weighted by Crippen LogP contribution is -2.06. The van der Waals surface area contributed by atoms with Gasteiger partial charge in [0.15, 0.2) is 0 Å². The van der Waals surface area contributed by atoms with Crippen LogP contribution in [-0.2, 0) is 0 Å². The summed E-state index contributed by atoms with van der Waals surface area (Å²) in [5.74, 6) is 0. The van der Waals surface area contributed by atoms with Gasteiger partial charge in [-0.05, 0) is 0 Å². The molecule has 0 aliphatic rings. The lowest BCUT2D eigenvalue weighted by Gasteiger charge is -2.17. The predicted molar refractivity (Wildman–Crippen MR) is 35.9 cm³/mol. The molecule has 0 heterocycles. The Morgan fingerprint density at radius 3 is 1.86 bits per heavy atom. The molecule has 1 heteroatoms. The van der Waals surface area contributed by atoms with E-state index in [2.05, 4.69) is 34.9 Å². The van der Waals surface area contributed by atoms with Gasteiger partial charge < -0.3 is 0 Å². The Bertz CT molecular complexity index is 42.1. The second-order valence-corrected chi connectivity index (χ2v) is 2.63. The van der Waals surface area contributed by atoms with Gasteiger partial charge in [-0.15, -0.1) is 0 Å². The first-order valence-corrected chi connectivity index (χ1v) is 2.93. The zero-order chi connectivity index (χ0) is 5.91. The van der Waals surface area contributed by atoms with Crippen LogP contribution in [0, 0.1) is 0 Å². The Labute approximate surface area is 47.6 Å². The third-order valence-electron chi connectivity index (χ3n) is 1.69. The van der Waals surface area contributed by atoms with Crippen molar-refractivity contribution in [2.24, 2.45) is 0 Å². The van der Waals surface area contributed by atoms with Crippen LogP contribution in [0.1, 0.15) is 27.2 Å². The van der Waals surface area contributed by atoms with E-state index in [4.69, 9.17) is 0 Å². The van der Waals surface area contributed by atoms with E-state index in [0.29, 0.717) is 5.31 Å². The van der Waals surface area contributed by atoms with E-state index in [1.165, 1.54) is 6.42 Å². The third kappa shape index (κ3) is 2.72. The maximum atomic E-state index is 2.24. The van der Waals surface area contributed by atoms with Crippen LogP contribution in [0.25, 0.3) is 0 Å². The third-order valence-corrected chi connectivity index (χ3v) is 1.69. The average Bonchev–Trinajstić information content (AvgIpc) is 1.68. The molecule has 0 aliphatic heterocycles. The minimum Gasteiger partial charge on any atom is -0.0914 e. The van der Waals surface area contributed by atoms with Gasteiger partial charge in [-0.2, -0.15) is 0 Å². The molecule has 0 aromatic carbocycles. The highest BCUT2D eigenvalue weighted by Crippen LogP contribution is 2.25. The maximum absolute atomic E-state index is 2.24. The van der Waals surface area contributed by atoms with Gasteiger partial charge in [0.05, 0.1) is 0 Å². The molecule has 41 valence electrons. The molecule has 0 rings (SSSR count). The molecular weight excluding hydrogens is 82.9 g/mol. The lowest BCUT2D eigenvalue weighted by atomic mass is 9.55. The van der Waals surface area contributed by atoms with E-state index in [1.807, 2.05) is 0 Å². The van der Waals surface area contributed by atoms with Crippen LogP contribution in [0.3, 0.4) is 0 Å². The SMILES string of the molecule is C[B]C(C)(C)CC. The van der Waals surface area contributed by atoms with Gasteiger partial charge in [0, 0.05) is 0 Å². The van der Waals surface area contributed by atoms with Gasteiger partial charge in [-0.25, -0.2) is 0 Å². The van der Waals surface area contributed by atoms with Gasteiger partial charge in [0.25, 0.3) is 0 Å². The van der Waals surface area contributed by atoms with E-state index in [-0.39, 0.29) is 0 Å². The highest BCUT2D eigenvalue weighted by Gasteiger charge is 2.10. The van der Waals surface area contributed by atoms with Crippen molar-refractivity contribution in [3.63, 3.8) is 0 Å². The van der Waals surface area contributed by atoms with Crippen LogP contribution in [0.2, 0.25) is 12.1 Å². The van der Waals surface area contributed by atoms with Crippen molar-refractivity contribution in [2.75, 3.05) is 0 Å². The molecule has 7 heavy (non-hydrogen) atoms. The summed E-state index contributed by atoms with van der Waals surface area (Å²) in [5, 5.41) is 0.458. The second kappa shape index (κ2) is 2.39. The first-order valence-electron chi connectivity index (χ1n) is 2.93. The zero-order valence-electron chi connectivity index (χ0n) is 5.78. The van der Waals surface area contributed by atoms with Gasteiger partial charge in [-0.3, -0.25) is 0 Å². The zero-order valence-corrected chi connectivity index (χ0v) is 5.78. The fourth-order valence-electron chi connectivity index (χ4n) is 0.204. The fourth-order valence-corrected chi connectivity index (χ4v) is 0.204. The van der Waals surface area contributed by atoms with Crippen LogP contribution in [0.15, 0.2) is 0 Å². The summed E-state index contributed by atoms with van der Waals surface area (Å²) in [6.45, 7) is 8.81. The number of hydrogen-bond acceptors (Lipinski definition) is 0. The molecule has 0 nitrogen and oxygen atoms in total. The van der Waals surface area contributed by atoms with E-state index < -0.39 is 0 Å². The van der Waals surface area contributed by atoms with Crippen LogP contribution in [0.5, 0.6) is 0 Å². The van der Waals surface area contributed by atoms with Crippen molar-refractivity contribution in [2.45, 2.75) is 39.3 Å². The van der Waals surface area contributed by atoms with Crippen molar-refractivity contribution in [1.82, 2.24) is 0 Å². The smallest absolute Gasteiger partial charge is 0.0914 e. The van der Waals surface area contributed by atoms with Crippen molar-refractivity contribution < 1.29 is 0 Å². The normalized spacial score (nSPS) is 11.4. The van der Waals surface area contributed by atoms with Crippen LogP contribution in [-0.4, -0.2) is 7.28 Å². The Morgan fingerprint density at radius 1 is 1.43 bits per heavy atom. The molecule has 0 unspecified atom stereocenters. The molecule has 0 amide bonds. The molecule has 0 aromatic heterocycles. The summed E-state index contributed by atoms with van der Waals surface area (Å²) in [6.07, 6.45) is 1.24. The minimum atomic E-state index is 0.458. The molecule has 0 spiro atoms. The highest BCUT2D eigenvalue weighted by molar-refractivity contribution is 6.37. The van der Waals surface area contributed by atoms with Crippen LogP contribution >= 0.6 is 0 Å². The van der Waals surface area contributed by atoms with Gasteiger partial charge >= 0.3 is 0 Å². The molecule has 0 saturated carbocycles. The molecular formula is C6H14B.